The van der Waals surface area contributed by atoms with Crippen molar-refractivity contribution in [1.29, 1.82) is 0 Å². The van der Waals surface area contributed by atoms with Crippen LogP contribution in [0.15, 0.2) is 28.7 Å². The highest BCUT2D eigenvalue weighted by molar-refractivity contribution is 9.10. The van der Waals surface area contributed by atoms with Gasteiger partial charge in [-0.05, 0) is 55.5 Å². The standard InChI is InChI=1S/C17H28BrNO/c1-4-19-12-16(8-9-20-13-14(2)3)10-15-6-5-7-17(18)11-15/h5-7,11,14,16,19H,4,8-10,12-13H2,1-3H3. The highest BCUT2D eigenvalue weighted by Gasteiger charge is 2.10. The summed E-state index contributed by atoms with van der Waals surface area (Å²) in [5, 5.41) is 3.47. The molecule has 114 valence electrons. The Balaban J connectivity index is 2.42. The first-order chi connectivity index (χ1) is 9.61. The first-order valence-corrected chi connectivity index (χ1v) is 8.44. The van der Waals surface area contributed by atoms with Crippen LogP contribution in [0.2, 0.25) is 0 Å². The van der Waals surface area contributed by atoms with E-state index in [9.17, 15) is 0 Å². The normalized spacial score (nSPS) is 12.8. The van der Waals surface area contributed by atoms with Crippen LogP contribution in [-0.2, 0) is 11.2 Å². The second-order valence-corrected chi connectivity index (χ2v) is 6.68. The molecule has 1 rings (SSSR count). The van der Waals surface area contributed by atoms with E-state index in [4.69, 9.17) is 4.74 Å². The molecule has 1 aromatic rings. The Hall–Kier alpha value is -0.380. The molecule has 3 heteroatoms. The van der Waals surface area contributed by atoms with Gasteiger partial charge >= 0.3 is 0 Å². The van der Waals surface area contributed by atoms with Crippen LogP contribution in [0.1, 0.15) is 32.8 Å². The SMILES string of the molecule is CCNCC(CCOCC(C)C)Cc1cccc(Br)c1. The molecule has 0 amide bonds. The van der Waals surface area contributed by atoms with Gasteiger partial charge < -0.3 is 10.1 Å². The minimum absolute atomic E-state index is 0.618. The Morgan fingerprint density at radius 3 is 2.75 bits per heavy atom. The van der Waals surface area contributed by atoms with Crippen molar-refractivity contribution in [2.75, 3.05) is 26.3 Å². The zero-order valence-electron chi connectivity index (χ0n) is 13.0. The molecule has 0 fully saturated rings. The lowest BCUT2D eigenvalue weighted by Gasteiger charge is -2.18. The molecule has 0 heterocycles. The highest BCUT2D eigenvalue weighted by atomic mass is 79.9. The Bertz CT molecular complexity index is 368. The van der Waals surface area contributed by atoms with E-state index in [0.717, 1.165) is 43.6 Å². The molecule has 0 aliphatic rings. The maximum atomic E-state index is 5.73. The monoisotopic (exact) mass is 341 g/mol. The molecule has 0 saturated carbocycles. The lowest BCUT2D eigenvalue weighted by molar-refractivity contribution is 0.0976. The van der Waals surface area contributed by atoms with Crippen molar-refractivity contribution in [3.05, 3.63) is 34.3 Å². The third kappa shape index (κ3) is 8.03. The second-order valence-electron chi connectivity index (χ2n) is 5.77. The predicted molar refractivity (Wildman–Crippen MR) is 90.2 cm³/mol. The van der Waals surface area contributed by atoms with Gasteiger partial charge in [-0.15, -0.1) is 0 Å². The van der Waals surface area contributed by atoms with E-state index >= 15 is 0 Å². The molecular weight excluding hydrogens is 314 g/mol. The molecule has 0 saturated heterocycles. The van der Waals surface area contributed by atoms with Crippen LogP contribution in [-0.4, -0.2) is 26.3 Å². The largest absolute Gasteiger partial charge is 0.381 e. The number of halogens is 1. The molecule has 1 atom stereocenters. The van der Waals surface area contributed by atoms with Gasteiger partial charge in [-0.3, -0.25) is 0 Å². The Kier molecular flexibility index (Phi) is 9.16. The number of benzene rings is 1. The fourth-order valence-electron chi connectivity index (χ4n) is 2.19. The molecular formula is C17H28BrNO. The van der Waals surface area contributed by atoms with E-state index in [-0.39, 0.29) is 0 Å². The molecule has 1 N–H and O–H groups in total. The van der Waals surface area contributed by atoms with E-state index in [1.54, 1.807) is 0 Å². The lowest BCUT2D eigenvalue weighted by Crippen LogP contribution is -2.25. The summed E-state index contributed by atoms with van der Waals surface area (Å²) in [6.07, 6.45) is 2.23. The quantitative estimate of drug-likeness (QED) is 0.641. The first kappa shape index (κ1) is 17.7. The van der Waals surface area contributed by atoms with Crippen molar-refractivity contribution in [3.8, 4) is 0 Å². The molecule has 0 aromatic heterocycles. The summed E-state index contributed by atoms with van der Waals surface area (Å²) in [4.78, 5) is 0. The summed E-state index contributed by atoms with van der Waals surface area (Å²) >= 11 is 3.54. The first-order valence-electron chi connectivity index (χ1n) is 7.64. The summed E-state index contributed by atoms with van der Waals surface area (Å²) in [6, 6.07) is 8.61. The summed E-state index contributed by atoms with van der Waals surface area (Å²) in [5.74, 6) is 1.25. The maximum Gasteiger partial charge on any atom is 0.0488 e. The average Bonchev–Trinajstić information content (AvgIpc) is 2.40. The minimum atomic E-state index is 0.618. The van der Waals surface area contributed by atoms with Gasteiger partial charge in [-0.25, -0.2) is 0 Å². The molecule has 0 aliphatic heterocycles. The number of hydrogen-bond acceptors (Lipinski definition) is 2. The third-order valence-corrected chi connectivity index (χ3v) is 3.71. The molecule has 0 spiro atoms. The highest BCUT2D eigenvalue weighted by Crippen LogP contribution is 2.17. The number of nitrogens with one attached hydrogen (secondary N) is 1. The Morgan fingerprint density at radius 1 is 1.30 bits per heavy atom. The van der Waals surface area contributed by atoms with Gasteiger partial charge in [0.2, 0.25) is 0 Å². The van der Waals surface area contributed by atoms with Gasteiger partial charge in [0.15, 0.2) is 0 Å². The fraction of sp³-hybridized carbons (Fsp3) is 0.647. The van der Waals surface area contributed by atoms with Crippen LogP contribution in [0.25, 0.3) is 0 Å². The Labute approximate surface area is 132 Å². The van der Waals surface area contributed by atoms with Gasteiger partial charge in [0.05, 0.1) is 0 Å². The van der Waals surface area contributed by atoms with Crippen LogP contribution in [0, 0.1) is 11.8 Å². The average molecular weight is 342 g/mol. The van der Waals surface area contributed by atoms with Crippen molar-refractivity contribution in [2.45, 2.75) is 33.6 Å². The molecule has 1 aromatic carbocycles. The van der Waals surface area contributed by atoms with Crippen molar-refractivity contribution in [2.24, 2.45) is 11.8 Å². The second kappa shape index (κ2) is 10.4. The smallest absolute Gasteiger partial charge is 0.0488 e. The lowest BCUT2D eigenvalue weighted by atomic mass is 9.96. The van der Waals surface area contributed by atoms with Crippen LogP contribution in [0.3, 0.4) is 0 Å². The third-order valence-electron chi connectivity index (χ3n) is 3.22. The molecule has 20 heavy (non-hydrogen) atoms. The predicted octanol–water partition coefficient (Wildman–Crippen LogP) is 4.28. The van der Waals surface area contributed by atoms with Crippen LogP contribution in [0.5, 0.6) is 0 Å². The van der Waals surface area contributed by atoms with Gasteiger partial charge in [0.25, 0.3) is 0 Å². The van der Waals surface area contributed by atoms with Crippen LogP contribution >= 0.6 is 15.9 Å². The Morgan fingerprint density at radius 2 is 2.10 bits per heavy atom. The van der Waals surface area contributed by atoms with E-state index in [1.165, 1.54) is 5.56 Å². The number of rotatable bonds is 10. The molecule has 1 unspecified atom stereocenters. The molecule has 0 aliphatic carbocycles. The van der Waals surface area contributed by atoms with Crippen LogP contribution < -0.4 is 5.32 Å². The molecule has 0 bridgehead atoms. The molecule has 2 nitrogen and oxygen atoms in total. The summed E-state index contributed by atoms with van der Waals surface area (Å²) in [7, 11) is 0. The van der Waals surface area contributed by atoms with Gasteiger partial charge in [0.1, 0.15) is 0 Å². The zero-order valence-corrected chi connectivity index (χ0v) is 14.6. The number of hydrogen-bond donors (Lipinski definition) is 1. The van der Waals surface area contributed by atoms with Crippen LogP contribution in [0.4, 0.5) is 0 Å². The van der Waals surface area contributed by atoms with Crippen molar-refractivity contribution in [1.82, 2.24) is 5.32 Å². The fourth-order valence-corrected chi connectivity index (χ4v) is 2.64. The summed E-state index contributed by atoms with van der Waals surface area (Å²) < 4.78 is 6.89. The topological polar surface area (TPSA) is 21.3 Å². The van der Waals surface area contributed by atoms with Crippen molar-refractivity contribution >= 4 is 15.9 Å². The maximum absolute atomic E-state index is 5.73. The summed E-state index contributed by atoms with van der Waals surface area (Å²) in [6.45, 7) is 10.4. The van der Waals surface area contributed by atoms with E-state index < -0.39 is 0 Å². The number of ether oxygens (including phenoxy) is 1. The van der Waals surface area contributed by atoms with Crippen molar-refractivity contribution in [3.63, 3.8) is 0 Å². The van der Waals surface area contributed by atoms with Gasteiger partial charge in [-0.1, -0.05) is 48.8 Å². The molecule has 0 radical (unpaired) electrons. The van der Waals surface area contributed by atoms with E-state index in [2.05, 4.69) is 66.3 Å². The van der Waals surface area contributed by atoms with E-state index in [0.29, 0.717) is 11.8 Å². The van der Waals surface area contributed by atoms with Crippen molar-refractivity contribution < 1.29 is 4.74 Å². The van der Waals surface area contributed by atoms with Gasteiger partial charge in [-0.2, -0.15) is 0 Å². The van der Waals surface area contributed by atoms with Gasteiger partial charge in [0, 0.05) is 17.7 Å². The van der Waals surface area contributed by atoms with E-state index in [1.807, 2.05) is 0 Å². The summed E-state index contributed by atoms with van der Waals surface area (Å²) in [5.41, 5.74) is 1.39. The zero-order chi connectivity index (χ0) is 14.8. The minimum Gasteiger partial charge on any atom is -0.381 e.